The van der Waals surface area contributed by atoms with E-state index in [1.165, 1.54) is 24.3 Å². The highest BCUT2D eigenvalue weighted by atomic mass is 19.1. The van der Waals surface area contributed by atoms with Gasteiger partial charge in [0.1, 0.15) is 5.82 Å². The zero-order chi connectivity index (χ0) is 17.8. The van der Waals surface area contributed by atoms with Crippen molar-refractivity contribution in [2.24, 2.45) is 5.92 Å². The average molecular weight is 343 g/mol. The molecular weight excluding hydrogens is 325 g/mol. The summed E-state index contributed by atoms with van der Waals surface area (Å²) in [5.41, 5.74) is 1.53. The Hall–Kier alpha value is -3.03. The van der Waals surface area contributed by atoms with Crippen LogP contribution in [0.4, 0.5) is 4.39 Å². The number of amides is 1. The fraction of sp³-hybridized carbons (Fsp3) is 0.294. The Morgan fingerprint density at radius 2 is 2.08 bits per heavy atom. The third-order valence-corrected chi connectivity index (χ3v) is 3.61. The fourth-order valence-corrected chi connectivity index (χ4v) is 2.32. The molecule has 0 aliphatic rings. The number of hydrogen-bond acceptors (Lipinski definition) is 5. The van der Waals surface area contributed by atoms with Crippen molar-refractivity contribution in [1.29, 1.82) is 0 Å². The molecule has 2 aromatic heterocycles. The van der Waals surface area contributed by atoms with Crippen LogP contribution in [0.2, 0.25) is 0 Å². The number of rotatable bonds is 6. The highest BCUT2D eigenvalue weighted by Crippen LogP contribution is 2.16. The summed E-state index contributed by atoms with van der Waals surface area (Å²) in [4.78, 5) is 16.2. The van der Waals surface area contributed by atoms with Crippen molar-refractivity contribution < 1.29 is 13.7 Å². The van der Waals surface area contributed by atoms with E-state index in [1.807, 2.05) is 30.8 Å². The summed E-state index contributed by atoms with van der Waals surface area (Å²) in [6, 6.07) is 7.57. The molecule has 2 heterocycles. The number of carbonyl (C=O) groups excluding carboxylic acids is 1. The van der Waals surface area contributed by atoms with E-state index in [4.69, 9.17) is 4.52 Å². The lowest BCUT2D eigenvalue weighted by Crippen LogP contribution is -2.30. The Kier molecular flexibility index (Phi) is 4.87. The summed E-state index contributed by atoms with van der Waals surface area (Å²) in [6.45, 7) is 5.08. The first-order valence-electron chi connectivity index (χ1n) is 7.89. The lowest BCUT2D eigenvalue weighted by molar-refractivity contribution is 0.0902. The average Bonchev–Trinajstić information content (AvgIpc) is 3.23. The highest BCUT2D eigenvalue weighted by molar-refractivity contribution is 5.89. The normalized spacial score (nSPS) is 12.1. The molecule has 25 heavy (non-hydrogen) atoms. The van der Waals surface area contributed by atoms with Crippen molar-refractivity contribution in [3.63, 3.8) is 0 Å². The first kappa shape index (κ1) is 16.8. The van der Waals surface area contributed by atoms with E-state index in [0.29, 0.717) is 18.7 Å². The predicted octanol–water partition coefficient (Wildman–Crippen LogP) is 2.45. The van der Waals surface area contributed by atoms with Gasteiger partial charge < -0.3 is 9.84 Å². The van der Waals surface area contributed by atoms with Gasteiger partial charge in [-0.1, -0.05) is 12.1 Å². The van der Waals surface area contributed by atoms with Gasteiger partial charge in [0.05, 0.1) is 5.69 Å². The molecule has 0 bridgehead atoms. The first-order chi connectivity index (χ1) is 12.0. The van der Waals surface area contributed by atoms with Crippen LogP contribution in [-0.2, 0) is 6.54 Å². The topological polar surface area (TPSA) is 85.8 Å². The van der Waals surface area contributed by atoms with Gasteiger partial charge in [-0.25, -0.2) is 4.39 Å². The molecule has 1 aromatic carbocycles. The number of nitrogens with one attached hydrogen (secondary N) is 1. The lowest BCUT2D eigenvalue weighted by Gasteiger charge is -2.11. The Morgan fingerprint density at radius 1 is 1.32 bits per heavy atom. The molecule has 8 heteroatoms. The van der Waals surface area contributed by atoms with Crippen LogP contribution in [0, 0.1) is 18.7 Å². The van der Waals surface area contributed by atoms with Gasteiger partial charge in [-0.05, 0) is 43.2 Å². The summed E-state index contributed by atoms with van der Waals surface area (Å²) in [7, 11) is 0. The standard InChI is InChI=1S/C17H18FN5O2/c1-11(10-23-8-7-12(2)21-23)9-19-16(24)17-20-15(22-25-17)13-3-5-14(18)6-4-13/h3-8,11H,9-10H2,1-2H3,(H,19,24)/t11-/m0/s1. The second kappa shape index (κ2) is 7.25. The van der Waals surface area contributed by atoms with Crippen molar-refractivity contribution in [1.82, 2.24) is 25.2 Å². The van der Waals surface area contributed by atoms with Crippen molar-refractivity contribution in [3.05, 3.63) is 53.9 Å². The zero-order valence-electron chi connectivity index (χ0n) is 13.9. The van der Waals surface area contributed by atoms with E-state index in [-0.39, 0.29) is 23.5 Å². The molecule has 3 rings (SSSR count). The second-order valence-electron chi connectivity index (χ2n) is 5.92. The molecule has 0 fully saturated rings. The summed E-state index contributed by atoms with van der Waals surface area (Å²) in [5, 5.41) is 10.8. The van der Waals surface area contributed by atoms with Crippen molar-refractivity contribution >= 4 is 5.91 Å². The van der Waals surface area contributed by atoms with Gasteiger partial charge in [0.25, 0.3) is 0 Å². The Balaban J connectivity index is 1.55. The van der Waals surface area contributed by atoms with E-state index in [1.54, 1.807) is 0 Å². The SMILES string of the molecule is Cc1ccn(C[C@@H](C)CNC(=O)c2nc(-c3ccc(F)cc3)no2)n1. The van der Waals surface area contributed by atoms with Gasteiger partial charge in [-0.3, -0.25) is 9.48 Å². The summed E-state index contributed by atoms with van der Waals surface area (Å²) in [6.07, 6.45) is 1.90. The molecule has 130 valence electrons. The fourth-order valence-electron chi connectivity index (χ4n) is 2.32. The maximum atomic E-state index is 12.9. The van der Waals surface area contributed by atoms with E-state index in [0.717, 1.165) is 5.69 Å². The zero-order valence-corrected chi connectivity index (χ0v) is 13.9. The van der Waals surface area contributed by atoms with Crippen LogP contribution in [-0.4, -0.2) is 32.4 Å². The monoisotopic (exact) mass is 343 g/mol. The van der Waals surface area contributed by atoms with Gasteiger partial charge in [-0.2, -0.15) is 10.1 Å². The van der Waals surface area contributed by atoms with Gasteiger partial charge in [-0.15, -0.1) is 0 Å². The van der Waals surface area contributed by atoms with E-state index in [9.17, 15) is 9.18 Å². The maximum Gasteiger partial charge on any atom is 0.316 e. The number of nitrogens with zero attached hydrogens (tertiary/aromatic N) is 4. The molecule has 7 nitrogen and oxygen atoms in total. The molecule has 0 saturated carbocycles. The molecule has 0 saturated heterocycles. The van der Waals surface area contributed by atoms with Crippen molar-refractivity contribution in [2.75, 3.05) is 6.54 Å². The summed E-state index contributed by atoms with van der Waals surface area (Å²) in [5.74, 6) is -0.495. The quantitative estimate of drug-likeness (QED) is 0.743. The molecular formula is C17H18FN5O2. The Labute approximate surface area is 143 Å². The number of carbonyl (C=O) groups is 1. The molecule has 1 amide bonds. The number of halogens is 1. The first-order valence-corrected chi connectivity index (χ1v) is 7.89. The van der Waals surface area contributed by atoms with Gasteiger partial charge in [0, 0.05) is 24.8 Å². The lowest BCUT2D eigenvalue weighted by atomic mass is 10.2. The molecule has 1 atom stereocenters. The third-order valence-electron chi connectivity index (χ3n) is 3.61. The van der Waals surface area contributed by atoms with Gasteiger partial charge in [0.2, 0.25) is 5.82 Å². The van der Waals surface area contributed by atoms with Crippen LogP contribution in [0.3, 0.4) is 0 Å². The molecule has 0 aliphatic heterocycles. The highest BCUT2D eigenvalue weighted by Gasteiger charge is 2.17. The van der Waals surface area contributed by atoms with Gasteiger partial charge in [0.15, 0.2) is 0 Å². The minimum absolute atomic E-state index is 0.124. The number of aryl methyl sites for hydroxylation is 1. The maximum absolute atomic E-state index is 12.9. The smallest absolute Gasteiger partial charge is 0.316 e. The molecule has 0 aliphatic carbocycles. The second-order valence-corrected chi connectivity index (χ2v) is 5.92. The Morgan fingerprint density at radius 3 is 2.76 bits per heavy atom. The van der Waals surface area contributed by atoms with Crippen LogP contribution >= 0.6 is 0 Å². The van der Waals surface area contributed by atoms with E-state index < -0.39 is 5.91 Å². The predicted molar refractivity (Wildman–Crippen MR) is 88.2 cm³/mol. The van der Waals surface area contributed by atoms with Crippen LogP contribution in [0.25, 0.3) is 11.4 Å². The Bertz CT molecular complexity index is 856. The number of aromatic nitrogens is 4. The molecule has 0 unspecified atom stereocenters. The summed E-state index contributed by atoms with van der Waals surface area (Å²) >= 11 is 0. The van der Waals surface area contributed by atoms with Crippen LogP contribution in [0.15, 0.2) is 41.1 Å². The van der Waals surface area contributed by atoms with Crippen LogP contribution < -0.4 is 5.32 Å². The molecule has 0 radical (unpaired) electrons. The minimum Gasteiger partial charge on any atom is -0.347 e. The van der Waals surface area contributed by atoms with Gasteiger partial charge >= 0.3 is 11.8 Å². The third kappa shape index (κ3) is 4.28. The largest absolute Gasteiger partial charge is 0.347 e. The number of hydrogen-bond donors (Lipinski definition) is 1. The van der Waals surface area contributed by atoms with Crippen LogP contribution in [0.5, 0.6) is 0 Å². The van der Waals surface area contributed by atoms with Crippen molar-refractivity contribution in [3.8, 4) is 11.4 Å². The van der Waals surface area contributed by atoms with Crippen molar-refractivity contribution in [2.45, 2.75) is 20.4 Å². The number of benzene rings is 1. The van der Waals surface area contributed by atoms with E-state index in [2.05, 4.69) is 20.6 Å². The summed E-state index contributed by atoms with van der Waals surface area (Å²) < 4.78 is 19.8. The molecule has 0 spiro atoms. The molecule has 1 N–H and O–H groups in total. The minimum atomic E-state index is -0.440. The van der Waals surface area contributed by atoms with Crippen LogP contribution in [0.1, 0.15) is 23.3 Å². The molecule has 3 aromatic rings. The van der Waals surface area contributed by atoms with E-state index >= 15 is 0 Å².